The maximum atomic E-state index is 11.8. The minimum atomic E-state index is 0.0681. The van der Waals surface area contributed by atoms with E-state index in [4.69, 9.17) is 5.73 Å². The first-order valence-electron chi connectivity index (χ1n) is 6.04. The Bertz CT molecular complexity index is 196. The first-order chi connectivity index (χ1) is 7.29. The standard InChI is InChI=1S/C11H23N3O/c1-2-3-7-13-11(15)14-8-5-4-6-10(14)9-12/h10H,2-9,12H2,1H3,(H,13,15). The summed E-state index contributed by atoms with van der Waals surface area (Å²) in [6.45, 7) is 4.35. The van der Waals surface area contributed by atoms with E-state index in [1.165, 1.54) is 6.42 Å². The smallest absolute Gasteiger partial charge is 0.317 e. The molecule has 1 aliphatic rings. The van der Waals surface area contributed by atoms with Crippen molar-refractivity contribution >= 4 is 6.03 Å². The van der Waals surface area contributed by atoms with Crippen molar-refractivity contribution in [3.05, 3.63) is 0 Å². The van der Waals surface area contributed by atoms with Crippen LogP contribution in [0.5, 0.6) is 0 Å². The van der Waals surface area contributed by atoms with Gasteiger partial charge in [-0.1, -0.05) is 13.3 Å². The predicted molar refractivity (Wildman–Crippen MR) is 61.7 cm³/mol. The van der Waals surface area contributed by atoms with E-state index in [-0.39, 0.29) is 12.1 Å². The van der Waals surface area contributed by atoms with Gasteiger partial charge in [-0.2, -0.15) is 0 Å². The van der Waals surface area contributed by atoms with Crippen LogP contribution in [0.25, 0.3) is 0 Å². The van der Waals surface area contributed by atoms with Gasteiger partial charge < -0.3 is 16.0 Å². The van der Waals surface area contributed by atoms with Gasteiger partial charge in [-0.05, 0) is 25.7 Å². The normalized spacial score (nSPS) is 21.5. The van der Waals surface area contributed by atoms with Crippen molar-refractivity contribution in [2.24, 2.45) is 5.73 Å². The summed E-state index contributed by atoms with van der Waals surface area (Å²) in [6, 6.07) is 0.318. The van der Waals surface area contributed by atoms with Gasteiger partial charge in [0, 0.05) is 25.7 Å². The summed E-state index contributed by atoms with van der Waals surface area (Å²) in [4.78, 5) is 13.7. The van der Waals surface area contributed by atoms with E-state index in [0.717, 1.165) is 38.8 Å². The average molecular weight is 213 g/mol. The molecule has 2 amide bonds. The van der Waals surface area contributed by atoms with E-state index >= 15 is 0 Å². The Kier molecular flexibility index (Phi) is 5.47. The summed E-state index contributed by atoms with van der Waals surface area (Å²) >= 11 is 0. The molecule has 0 aromatic heterocycles. The molecule has 1 aliphatic heterocycles. The lowest BCUT2D eigenvalue weighted by Crippen LogP contribution is -2.51. The molecule has 0 spiro atoms. The number of piperidine rings is 1. The van der Waals surface area contributed by atoms with Crippen LogP contribution in [0, 0.1) is 0 Å². The van der Waals surface area contributed by atoms with Crippen LogP contribution in [-0.4, -0.2) is 36.6 Å². The van der Waals surface area contributed by atoms with E-state index in [1.54, 1.807) is 0 Å². The Morgan fingerprint density at radius 1 is 1.53 bits per heavy atom. The first kappa shape index (κ1) is 12.3. The molecule has 1 atom stereocenters. The van der Waals surface area contributed by atoms with E-state index in [0.29, 0.717) is 6.54 Å². The van der Waals surface area contributed by atoms with Crippen LogP contribution in [0.2, 0.25) is 0 Å². The molecular weight excluding hydrogens is 190 g/mol. The molecule has 1 rings (SSSR count). The fourth-order valence-corrected chi connectivity index (χ4v) is 1.99. The van der Waals surface area contributed by atoms with E-state index in [2.05, 4.69) is 12.2 Å². The third kappa shape index (κ3) is 3.70. The Labute approximate surface area is 92.2 Å². The number of amides is 2. The first-order valence-corrected chi connectivity index (χ1v) is 6.04. The fraction of sp³-hybridized carbons (Fsp3) is 0.909. The highest BCUT2D eigenvalue weighted by molar-refractivity contribution is 5.74. The van der Waals surface area contributed by atoms with Crippen LogP contribution in [0.15, 0.2) is 0 Å². The van der Waals surface area contributed by atoms with Gasteiger partial charge in [0.05, 0.1) is 0 Å². The summed E-state index contributed by atoms with van der Waals surface area (Å²) < 4.78 is 0. The molecule has 1 fully saturated rings. The van der Waals surface area contributed by atoms with Gasteiger partial charge in [-0.25, -0.2) is 4.79 Å². The molecule has 0 aromatic carbocycles. The van der Waals surface area contributed by atoms with E-state index in [9.17, 15) is 4.79 Å². The van der Waals surface area contributed by atoms with Crippen molar-refractivity contribution in [2.45, 2.75) is 45.1 Å². The van der Waals surface area contributed by atoms with Crippen LogP contribution in [0.1, 0.15) is 39.0 Å². The number of likely N-dealkylation sites (tertiary alicyclic amines) is 1. The maximum Gasteiger partial charge on any atom is 0.317 e. The van der Waals surface area contributed by atoms with Crippen LogP contribution >= 0.6 is 0 Å². The zero-order valence-electron chi connectivity index (χ0n) is 9.67. The van der Waals surface area contributed by atoms with Crippen LogP contribution < -0.4 is 11.1 Å². The highest BCUT2D eigenvalue weighted by Crippen LogP contribution is 2.15. The van der Waals surface area contributed by atoms with Gasteiger partial charge in [0.25, 0.3) is 0 Å². The highest BCUT2D eigenvalue weighted by Gasteiger charge is 2.24. The number of rotatable bonds is 4. The SMILES string of the molecule is CCCCNC(=O)N1CCCCC1CN. The molecule has 4 heteroatoms. The summed E-state index contributed by atoms with van der Waals surface area (Å²) in [5, 5.41) is 2.95. The molecular formula is C11H23N3O. The molecule has 4 nitrogen and oxygen atoms in total. The van der Waals surface area contributed by atoms with Gasteiger partial charge in [-0.3, -0.25) is 0 Å². The van der Waals surface area contributed by atoms with Crippen molar-refractivity contribution in [3.63, 3.8) is 0 Å². The lowest BCUT2D eigenvalue weighted by molar-refractivity contribution is 0.154. The third-order valence-corrected chi connectivity index (χ3v) is 2.97. The molecule has 88 valence electrons. The Balaban J connectivity index is 2.34. The number of urea groups is 1. The quantitative estimate of drug-likeness (QED) is 0.692. The van der Waals surface area contributed by atoms with Crippen LogP contribution in [0.4, 0.5) is 4.79 Å². The molecule has 0 radical (unpaired) electrons. The van der Waals surface area contributed by atoms with Crippen molar-refractivity contribution in [1.29, 1.82) is 0 Å². The topological polar surface area (TPSA) is 58.4 Å². The second-order valence-corrected chi connectivity index (χ2v) is 4.16. The molecule has 0 aromatic rings. The summed E-state index contributed by atoms with van der Waals surface area (Å²) in [6.07, 6.45) is 5.52. The molecule has 1 unspecified atom stereocenters. The minimum Gasteiger partial charge on any atom is -0.338 e. The lowest BCUT2D eigenvalue weighted by atomic mass is 10.0. The molecule has 15 heavy (non-hydrogen) atoms. The zero-order valence-corrected chi connectivity index (χ0v) is 9.67. The summed E-state index contributed by atoms with van der Waals surface area (Å²) in [5.74, 6) is 0. The van der Waals surface area contributed by atoms with Crippen molar-refractivity contribution < 1.29 is 4.79 Å². The number of nitrogens with one attached hydrogen (secondary N) is 1. The molecule has 1 heterocycles. The van der Waals surface area contributed by atoms with Gasteiger partial charge in [-0.15, -0.1) is 0 Å². The number of carbonyl (C=O) groups excluding carboxylic acids is 1. The largest absolute Gasteiger partial charge is 0.338 e. The molecule has 3 N–H and O–H groups in total. The van der Waals surface area contributed by atoms with Crippen molar-refractivity contribution in [1.82, 2.24) is 10.2 Å². The zero-order chi connectivity index (χ0) is 11.1. The van der Waals surface area contributed by atoms with Gasteiger partial charge >= 0.3 is 6.03 Å². The van der Waals surface area contributed by atoms with Crippen LogP contribution in [-0.2, 0) is 0 Å². The third-order valence-electron chi connectivity index (χ3n) is 2.97. The summed E-state index contributed by atoms with van der Waals surface area (Å²) in [7, 11) is 0. The number of carbonyl (C=O) groups is 1. The molecule has 0 bridgehead atoms. The fourth-order valence-electron chi connectivity index (χ4n) is 1.99. The molecule has 0 saturated carbocycles. The van der Waals surface area contributed by atoms with Gasteiger partial charge in [0.1, 0.15) is 0 Å². The van der Waals surface area contributed by atoms with Crippen molar-refractivity contribution in [2.75, 3.05) is 19.6 Å². The lowest BCUT2D eigenvalue weighted by Gasteiger charge is -2.34. The van der Waals surface area contributed by atoms with E-state index in [1.807, 2.05) is 4.90 Å². The van der Waals surface area contributed by atoms with E-state index < -0.39 is 0 Å². The van der Waals surface area contributed by atoms with Crippen LogP contribution in [0.3, 0.4) is 0 Å². The Morgan fingerprint density at radius 3 is 3.00 bits per heavy atom. The highest BCUT2D eigenvalue weighted by atomic mass is 16.2. The molecule has 0 aliphatic carbocycles. The average Bonchev–Trinajstić information content (AvgIpc) is 2.29. The predicted octanol–water partition coefficient (Wildman–Crippen LogP) is 1.31. The number of hydrogen-bond donors (Lipinski definition) is 2. The van der Waals surface area contributed by atoms with Gasteiger partial charge in [0.15, 0.2) is 0 Å². The molecule has 1 saturated heterocycles. The number of hydrogen-bond acceptors (Lipinski definition) is 2. The van der Waals surface area contributed by atoms with Gasteiger partial charge in [0.2, 0.25) is 0 Å². The number of nitrogens with two attached hydrogens (primary N) is 1. The monoisotopic (exact) mass is 213 g/mol. The summed E-state index contributed by atoms with van der Waals surface area (Å²) in [5.41, 5.74) is 5.66. The number of unbranched alkanes of at least 4 members (excludes halogenated alkanes) is 1. The number of nitrogens with zero attached hydrogens (tertiary/aromatic N) is 1. The maximum absolute atomic E-state index is 11.8. The van der Waals surface area contributed by atoms with Crippen molar-refractivity contribution in [3.8, 4) is 0 Å². The minimum absolute atomic E-state index is 0.0681. The Hall–Kier alpha value is -0.770. The second kappa shape index (κ2) is 6.67. The Morgan fingerprint density at radius 2 is 2.33 bits per heavy atom. The second-order valence-electron chi connectivity index (χ2n) is 4.16.